The van der Waals surface area contributed by atoms with Crippen molar-refractivity contribution in [2.75, 3.05) is 75.1 Å². The van der Waals surface area contributed by atoms with Crippen LogP contribution in [0.5, 0.6) is 5.75 Å². The number of imide groups is 1. The molecule has 8 rings (SSSR count). The molecule has 1 unspecified atom stereocenters. The number of ether oxygens (including phenoxy) is 2. The molecule has 0 spiro atoms. The van der Waals surface area contributed by atoms with Crippen molar-refractivity contribution < 1.29 is 28.7 Å². The van der Waals surface area contributed by atoms with E-state index in [9.17, 15) is 19.2 Å². The summed E-state index contributed by atoms with van der Waals surface area (Å²) in [7, 11) is 1.67. The number of aromatic nitrogens is 2. The number of aryl methyl sites for hydroxylation is 1. The minimum absolute atomic E-state index is 0.0965. The molecule has 16 nitrogen and oxygen atoms in total. The van der Waals surface area contributed by atoms with E-state index in [0.717, 1.165) is 98.5 Å². The van der Waals surface area contributed by atoms with E-state index in [0.29, 0.717) is 67.2 Å². The van der Waals surface area contributed by atoms with Gasteiger partial charge in [-0.1, -0.05) is 28.9 Å². The first-order valence-electron chi connectivity index (χ1n) is 20.8. The lowest BCUT2D eigenvalue weighted by atomic mass is 10.0. The second-order valence-corrected chi connectivity index (χ2v) is 16.8. The molecule has 0 bridgehead atoms. The molecule has 0 radical (unpaired) electrons. The Balaban J connectivity index is 0.852. The van der Waals surface area contributed by atoms with Crippen LogP contribution < -0.4 is 31.3 Å². The number of nitrogens with two attached hydrogens (primary N) is 1. The second kappa shape index (κ2) is 17.8. The number of piperidine rings is 2. The number of halogens is 1. The topological polar surface area (TPSA) is 188 Å². The number of nitrogens with zero attached hydrogens (tertiary/aromatic N) is 6. The van der Waals surface area contributed by atoms with Gasteiger partial charge < -0.3 is 35.6 Å². The quantitative estimate of drug-likeness (QED) is 0.193. The van der Waals surface area contributed by atoms with Gasteiger partial charge in [-0.25, -0.2) is 9.97 Å². The highest BCUT2D eigenvalue weighted by molar-refractivity contribution is 9.10. The monoisotopic (exact) mass is 872 g/mol. The summed E-state index contributed by atoms with van der Waals surface area (Å²) < 4.78 is 12.3. The number of fused-ring (bicyclic) bond motifs is 1. The first kappa shape index (κ1) is 40.9. The predicted octanol–water partition coefficient (Wildman–Crippen LogP) is 3.79. The average Bonchev–Trinajstić information content (AvgIpc) is 3.58. The SMILES string of the molecule is CCc1nc(C(N)=O)c(Nc2ccc(N3CCC(N4CCN(Cc5ccc6c(c5Br)CN(C5CCC(=O)NC5=O)C6=O)CC4)CC3)c(OC)c2)nc1NC1CCOCC1. The smallest absolute Gasteiger partial charge is 0.271 e. The van der Waals surface area contributed by atoms with Gasteiger partial charge in [0.2, 0.25) is 11.8 Å². The number of hydrogen-bond donors (Lipinski definition) is 4. The maximum absolute atomic E-state index is 13.3. The highest BCUT2D eigenvalue weighted by Gasteiger charge is 2.40. The van der Waals surface area contributed by atoms with Crippen molar-refractivity contribution >= 4 is 62.6 Å². The summed E-state index contributed by atoms with van der Waals surface area (Å²) in [6, 6.07) is 9.94. The van der Waals surface area contributed by atoms with Crippen molar-refractivity contribution in [3.05, 3.63) is 62.9 Å². The lowest BCUT2D eigenvalue weighted by molar-refractivity contribution is -0.136. The summed E-state index contributed by atoms with van der Waals surface area (Å²) in [6.45, 7) is 10.2. The molecule has 1 aromatic heterocycles. The molecule has 1 atom stereocenters. The maximum Gasteiger partial charge on any atom is 0.271 e. The van der Waals surface area contributed by atoms with Crippen molar-refractivity contribution in [3.8, 4) is 5.75 Å². The number of hydrogen-bond acceptors (Lipinski definition) is 13. The molecule has 3 aromatic rings. The molecular formula is C42H53BrN10O6. The number of carbonyl (C=O) groups excluding carboxylic acids is 4. The van der Waals surface area contributed by atoms with Crippen LogP contribution in [0.1, 0.15) is 83.1 Å². The summed E-state index contributed by atoms with van der Waals surface area (Å²) in [5, 5.41) is 9.20. The Labute approximate surface area is 352 Å². The highest BCUT2D eigenvalue weighted by Crippen LogP contribution is 2.37. The maximum atomic E-state index is 13.3. The van der Waals surface area contributed by atoms with Gasteiger partial charge in [-0.2, -0.15) is 0 Å². The van der Waals surface area contributed by atoms with Crippen LogP contribution in [-0.2, 0) is 33.8 Å². The number of carbonyl (C=O) groups is 4. The Morgan fingerprint density at radius 1 is 0.983 bits per heavy atom. The summed E-state index contributed by atoms with van der Waals surface area (Å²) in [6.07, 6.45) is 5.01. The van der Waals surface area contributed by atoms with Crippen LogP contribution in [-0.4, -0.2) is 126 Å². The van der Waals surface area contributed by atoms with Crippen molar-refractivity contribution in [2.45, 2.75) is 83.1 Å². The molecule has 59 heavy (non-hydrogen) atoms. The van der Waals surface area contributed by atoms with Gasteiger partial charge in [-0.3, -0.25) is 34.3 Å². The number of anilines is 4. The van der Waals surface area contributed by atoms with E-state index in [1.807, 2.05) is 31.2 Å². The molecule has 5 aliphatic heterocycles. The highest BCUT2D eigenvalue weighted by atomic mass is 79.9. The molecule has 4 amide bonds. The minimum Gasteiger partial charge on any atom is -0.495 e. The van der Waals surface area contributed by atoms with Crippen LogP contribution in [0.25, 0.3) is 0 Å². The van der Waals surface area contributed by atoms with E-state index < -0.39 is 17.9 Å². The molecular weight excluding hydrogens is 820 g/mol. The lowest BCUT2D eigenvalue weighted by Gasteiger charge is -2.43. The number of primary amides is 1. The Hall–Kier alpha value is -4.84. The number of rotatable bonds is 12. The van der Waals surface area contributed by atoms with Crippen LogP contribution in [0, 0.1) is 0 Å². The second-order valence-electron chi connectivity index (χ2n) is 16.0. The molecule has 6 heterocycles. The third-order valence-corrected chi connectivity index (χ3v) is 13.4. The van der Waals surface area contributed by atoms with Crippen LogP contribution >= 0.6 is 15.9 Å². The van der Waals surface area contributed by atoms with Gasteiger partial charge in [0, 0.05) is 106 Å². The minimum atomic E-state index is -0.646. The van der Waals surface area contributed by atoms with Gasteiger partial charge in [-0.05, 0) is 67.9 Å². The first-order chi connectivity index (χ1) is 28.6. The summed E-state index contributed by atoms with van der Waals surface area (Å²) in [5.74, 6) is 0.181. The van der Waals surface area contributed by atoms with Gasteiger partial charge in [0.25, 0.3) is 11.8 Å². The molecule has 4 saturated heterocycles. The molecule has 4 fully saturated rings. The van der Waals surface area contributed by atoms with Gasteiger partial charge in [-0.15, -0.1) is 0 Å². The van der Waals surface area contributed by atoms with E-state index in [1.165, 1.54) is 0 Å². The Kier molecular flexibility index (Phi) is 12.3. The molecule has 5 N–H and O–H groups in total. The van der Waals surface area contributed by atoms with E-state index in [2.05, 4.69) is 57.6 Å². The number of amides is 4. The molecule has 0 saturated carbocycles. The number of benzene rings is 2. The van der Waals surface area contributed by atoms with Gasteiger partial charge in [0.15, 0.2) is 17.3 Å². The number of nitrogens with one attached hydrogen (secondary N) is 3. The van der Waals surface area contributed by atoms with Crippen molar-refractivity contribution in [3.63, 3.8) is 0 Å². The fourth-order valence-electron chi connectivity index (χ4n) is 9.05. The molecule has 314 valence electrons. The third kappa shape index (κ3) is 8.74. The van der Waals surface area contributed by atoms with Gasteiger partial charge in [0.1, 0.15) is 11.8 Å². The summed E-state index contributed by atoms with van der Waals surface area (Å²) in [5.41, 5.74) is 11.0. The fraction of sp³-hybridized carbons (Fsp3) is 0.524. The predicted molar refractivity (Wildman–Crippen MR) is 226 cm³/mol. The van der Waals surface area contributed by atoms with E-state index in [-0.39, 0.29) is 30.0 Å². The Morgan fingerprint density at radius 2 is 1.75 bits per heavy atom. The van der Waals surface area contributed by atoms with Crippen LogP contribution in [0.4, 0.5) is 23.0 Å². The standard InChI is InChI=1S/C42H53BrN10O6/c1-3-31-39(45-26-12-20-59-21-13-26)49-40(37(47-31)38(44)55)46-27-5-7-32(34(22-27)58-2)52-14-10-28(11-15-52)51-18-16-50(17-19-51)23-25-4-6-29-30(36(25)43)24-53(42(29)57)33-8-9-35(54)48-41(33)56/h4-7,22,26,28,33H,3,8-21,23-24H2,1-2H3,(H2,44,55)(H2,45,46,49)(H,48,54,56). The zero-order valence-electron chi connectivity index (χ0n) is 33.7. The Morgan fingerprint density at radius 3 is 2.44 bits per heavy atom. The first-order valence-corrected chi connectivity index (χ1v) is 21.6. The molecule has 17 heteroatoms. The normalized spacial score (nSPS) is 21.1. The number of piperazine rings is 1. The number of methoxy groups -OCH3 is 1. The summed E-state index contributed by atoms with van der Waals surface area (Å²) in [4.78, 5) is 68.5. The molecule has 0 aliphatic carbocycles. The van der Waals surface area contributed by atoms with E-state index in [4.69, 9.17) is 20.2 Å². The third-order valence-electron chi connectivity index (χ3n) is 12.4. The molecule has 5 aliphatic rings. The van der Waals surface area contributed by atoms with Crippen LogP contribution in [0.3, 0.4) is 0 Å². The molecule has 2 aromatic carbocycles. The van der Waals surface area contributed by atoms with Crippen molar-refractivity contribution in [1.82, 2.24) is 30.0 Å². The zero-order chi connectivity index (χ0) is 41.2. The van der Waals surface area contributed by atoms with Crippen LogP contribution in [0.15, 0.2) is 34.8 Å². The van der Waals surface area contributed by atoms with E-state index in [1.54, 1.807) is 12.0 Å². The largest absolute Gasteiger partial charge is 0.495 e. The van der Waals surface area contributed by atoms with Gasteiger partial charge in [0.05, 0.1) is 18.5 Å². The summed E-state index contributed by atoms with van der Waals surface area (Å²) >= 11 is 3.81. The Bertz CT molecular complexity index is 2100. The van der Waals surface area contributed by atoms with E-state index >= 15 is 0 Å². The van der Waals surface area contributed by atoms with Crippen molar-refractivity contribution in [1.29, 1.82) is 0 Å². The van der Waals surface area contributed by atoms with Crippen molar-refractivity contribution in [2.24, 2.45) is 5.73 Å². The lowest BCUT2D eigenvalue weighted by Crippen LogP contribution is -2.53. The zero-order valence-corrected chi connectivity index (χ0v) is 35.3. The van der Waals surface area contributed by atoms with Crippen LogP contribution in [0.2, 0.25) is 0 Å². The average molecular weight is 874 g/mol. The van der Waals surface area contributed by atoms with Gasteiger partial charge >= 0.3 is 0 Å². The fourth-order valence-corrected chi connectivity index (χ4v) is 9.65.